The normalized spacial score (nSPS) is 15.9. The van der Waals surface area contributed by atoms with Crippen LogP contribution in [-0.4, -0.2) is 37.8 Å². The van der Waals surface area contributed by atoms with Gasteiger partial charge in [-0.15, -0.1) is 0 Å². The second kappa shape index (κ2) is 9.57. The Bertz CT molecular complexity index is 831. The summed E-state index contributed by atoms with van der Waals surface area (Å²) in [5.74, 6) is -0.361. The van der Waals surface area contributed by atoms with Crippen molar-refractivity contribution in [3.8, 4) is 5.75 Å². The van der Waals surface area contributed by atoms with Gasteiger partial charge in [0.05, 0.1) is 11.7 Å². The Kier molecular flexibility index (Phi) is 6.90. The lowest BCUT2D eigenvalue weighted by atomic mass is 10.2. The minimum Gasteiger partial charge on any atom is -0.491 e. The fourth-order valence-electron chi connectivity index (χ4n) is 2.80. The molecule has 1 saturated heterocycles. The largest absolute Gasteiger partial charge is 0.491 e. The molecule has 1 aliphatic rings. The van der Waals surface area contributed by atoms with E-state index in [-0.39, 0.29) is 12.7 Å². The quantitative estimate of drug-likeness (QED) is 0.707. The van der Waals surface area contributed by atoms with Gasteiger partial charge in [-0.1, -0.05) is 17.7 Å². The number of ether oxygens (including phenoxy) is 3. The van der Waals surface area contributed by atoms with Crippen molar-refractivity contribution in [2.24, 2.45) is 0 Å². The molecule has 1 fully saturated rings. The molecule has 1 atom stereocenters. The van der Waals surface area contributed by atoms with Gasteiger partial charge in [-0.05, 0) is 61.7 Å². The maximum Gasteiger partial charge on any atom is 0.338 e. The average Bonchev–Trinajstić information content (AvgIpc) is 3.22. The van der Waals surface area contributed by atoms with E-state index in [4.69, 9.17) is 25.8 Å². The Morgan fingerprint density at radius 3 is 2.71 bits per heavy atom. The summed E-state index contributed by atoms with van der Waals surface area (Å²) in [5, 5.41) is 3.23. The third kappa shape index (κ3) is 5.47. The number of rotatable bonds is 7. The third-order valence-corrected chi connectivity index (χ3v) is 4.84. The van der Waals surface area contributed by atoms with Gasteiger partial charge in [-0.2, -0.15) is 0 Å². The van der Waals surface area contributed by atoms with E-state index in [1.807, 2.05) is 0 Å². The van der Waals surface area contributed by atoms with E-state index in [0.717, 1.165) is 25.0 Å². The summed E-state index contributed by atoms with van der Waals surface area (Å²) in [6, 6.07) is 11.8. The van der Waals surface area contributed by atoms with Crippen molar-refractivity contribution in [2.45, 2.75) is 25.9 Å². The van der Waals surface area contributed by atoms with Gasteiger partial charge in [-0.25, -0.2) is 4.79 Å². The van der Waals surface area contributed by atoms with Gasteiger partial charge in [0, 0.05) is 17.3 Å². The highest BCUT2D eigenvalue weighted by Crippen LogP contribution is 2.23. The van der Waals surface area contributed by atoms with Crippen LogP contribution in [0.3, 0.4) is 0 Å². The molecule has 0 aromatic heterocycles. The van der Waals surface area contributed by atoms with Crippen molar-refractivity contribution in [1.29, 1.82) is 0 Å². The standard InChI is InChI=1S/C21H22ClNO5/c1-14-18(22)5-2-6-19(14)23-20(24)13-28-21(25)15-7-9-16(10-8-15)27-12-17-4-3-11-26-17/h2,5-10,17H,3-4,11-13H2,1H3,(H,23,24)/t17-/m1/s1. The lowest BCUT2D eigenvalue weighted by Gasteiger charge is -2.12. The maximum absolute atomic E-state index is 12.1. The Balaban J connectivity index is 1.46. The van der Waals surface area contributed by atoms with Gasteiger partial charge in [0.25, 0.3) is 5.91 Å². The van der Waals surface area contributed by atoms with Crippen LogP contribution in [0.1, 0.15) is 28.8 Å². The molecule has 6 nitrogen and oxygen atoms in total. The Hall–Kier alpha value is -2.57. The molecule has 148 valence electrons. The molecule has 0 unspecified atom stereocenters. The molecule has 1 amide bonds. The molecule has 0 aliphatic carbocycles. The Labute approximate surface area is 168 Å². The highest BCUT2D eigenvalue weighted by atomic mass is 35.5. The molecule has 1 N–H and O–H groups in total. The molecule has 1 heterocycles. The lowest BCUT2D eigenvalue weighted by Crippen LogP contribution is -2.21. The van der Waals surface area contributed by atoms with E-state index >= 15 is 0 Å². The van der Waals surface area contributed by atoms with Crippen molar-refractivity contribution in [1.82, 2.24) is 0 Å². The van der Waals surface area contributed by atoms with Crippen molar-refractivity contribution in [2.75, 3.05) is 25.1 Å². The Morgan fingerprint density at radius 2 is 2.00 bits per heavy atom. The first kappa shape index (κ1) is 20.2. The minimum absolute atomic E-state index is 0.131. The molecule has 0 saturated carbocycles. The number of halogens is 1. The summed E-state index contributed by atoms with van der Waals surface area (Å²) in [7, 11) is 0. The molecule has 0 radical (unpaired) electrons. The highest BCUT2D eigenvalue weighted by molar-refractivity contribution is 6.31. The third-order valence-electron chi connectivity index (χ3n) is 4.43. The number of anilines is 1. The topological polar surface area (TPSA) is 73.9 Å². The number of hydrogen-bond acceptors (Lipinski definition) is 5. The summed E-state index contributed by atoms with van der Waals surface area (Å²) in [6.45, 7) is 2.69. The average molecular weight is 404 g/mol. The summed E-state index contributed by atoms with van der Waals surface area (Å²) < 4.78 is 16.2. The molecule has 0 spiro atoms. The van der Waals surface area contributed by atoms with Crippen LogP contribution in [0, 0.1) is 6.92 Å². The second-order valence-corrected chi connectivity index (χ2v) is 6.91. The van der Waals surface area contributed by atoms with Crippen molar-refractivity contribution in [3.63, 3.8) is 0 Å². The van der Waals surface area contributed by atoms with Crippen LogP contribution in [0.25, 0.3) is 0 Å². The van der Waals surface area contributed by atoms with Gasteiger partial charge >= 0.3 is 5.97 Å². The number of carbonyl (C=O) groups excluding carboxylic acids is 2. The molecule has 3 rings (SSSR count). The molecule has 7 heteroatoms. The zero-order chi connectivity index (χ0) is 19.9. The predicted octanol–water partition coefficient (Wildman–Crippen LogP) is 4.00. The van der Waals surface area contributed by atoms with E-state index < -0.39 is 11.9 Å². The van der Waals surface area contributed by atoms with Crippen molar-refractivity contribution >= 4 is 29.2 Å². The van der Waals surface area contributed by atoms with Crippen LogP contribution in [0.4, 0.5) is 5.69 Å². The van der Waals surface area contributed by atoms with Crippen LogP contribution in [-0.2, 0) is 14.3 Å². The number of hydrogen-bond donors (Lipinski definition) is 1. The van der Waals surface area contributed by atoms with Crippen LogP contribution in [0.5, 0.6) is 5.75 Å². The van der Waals surface area contributed by atoms with Gasteiger partial charge in [0.2, 0.25) is 0 Å². The molecule has 1 aliphatic heterocycles. The highest BCUT2D eigenvalue weighted by Gasteiger charge is 2.16. The van der Waals surface area contributed by atoms with Gasteiger partial charge in [-0.3, -0.25) is 4.79 Å². The molecule has 2 aromatic rings. The van der Waals surface area contributed by atoms with E-state index in [2.05, 4.69) is 5.32 Å². The first-order chi connectivity index (χ1) is 13.5. The monoisotopic (exact) mass is 403 g/mol. The van der Waals surface area contributed by atoms with E-state index in [1.165, 1.54) is 0 Å². The van der Waals surface area contributed by atoms with Crippen molar-refractivity contribution < 1.29 is 23.8 Å². The van der Waals surface area contributed by atoms with E-state index in [0.29, 0.717) is 28.6 Å². The van der Waals surface area contributed by atoms with Crippen LogP contribution < -0.4 is 10.1 Å². The summed E-state index contributed by atoms with van der Waals surface area (Å²) >= 11 is 6.02. The zero-order valence-electron chi connectivity index (χ0n) is 15.6. The van der Waals surface area contributed by atoms with Gasteiger partial charge in [0.15, 0.2) is 6.61 Å². The maximum atomic E-state index is 12.1. The number of amides is 1. The zero-order valence-corrected chi connectivity index (χ0v) is 16.3. The minimum atomic E-state index is -0.580. The predicted molar refractivity (Wildman–Crippen MR) is 106 cm³/mol. The Morgan fingerprint density at radius 1 is 1.21 bits per heavy atom. The first-order valence-corrected chi connectivity index (χ1v) is 9.47. The number of benzene rings is 2. The molecule has 0 bridgehead atoms. The van der Waals surface area contributed by atoms with E-state index in [1.54, 1.807) is 49.4 Å². The molecule has 2 aromatic carbocycles. The number of esters is 1. The lowest BCUT2D eigenvalue weighted by molar-refractivity contribution is -0.119. The van der Waals surface area contributed by atoms with E-state index in [9.17, 15) is 9.59 Å². The van der Waals surface area contributed by atoms with Crippen molar-refractivity contribution in [3.05, 3.63) is 58.6 Å². The van der Waals surface area contributed by atoms with Crippen LogP contribution in [0.15, 0.2) is 42.5 Å². The van der Waals surface area contributed by atoms with Gasteiger partial charge < -0.3 is 19.5 Å². The second-order valence-electron chi connectivity index (χ2n) is 6.51. The fraction of sp³-hybridized carbons (Fsp3) is 0.333. The van der Waals surface area contributed by atoms with Gasteiger partial charge in [0.1, 0.15) is 12.4 Å². The van der Waals surface area contributed by atoms with Crippen LogP contribution >= 0.6 is 11.6 Å². The number of nitrogens with one attached hydrogen (secondary N) is 1. The first-order valence-electron chi connectivity index (χ1n) is 9.09. The van der Waals surface area contributed by atoms with Crippen LogP contribution in [0.2, 0.25) is 5.02 Å². The summed E-state index contributed by atoms with van der Waals surface area (Å²) in [5.41, 5.74) is 1.68. The summed E-state index contributed by atoms with van der Waals surface area (Å²) in [4.78, 5) is 24.1. The number of carbonyl (C=O) groups is 2. The molecular formula is C21H22ClNO5. The molecule has 28 heavy (non-hydrogen) atoms. The smallest absolute Gasteiger partial charge is 0.338 e. The molecular weight excluding hydrogens is 382 g/mol. The summed E-state index contributed by atoms with van der Waals surface area (Å²) in [6.07, 6.45) is 2.19. The SMILES string of the molecule is Cc1c(Cl)cccc1NC(=O)COC(=O)c1ccc(OC[C@H]2CCCO2)cc1. The fourth-order valence-corrected chi connectivity index (χ4v) is 2.97.